The van der Waals surface area contributed by atoms with Crippen LogP contribution in [-0.4, -0.2) is 6.04 Å². The normalized spacial score (nSPS) is 20.0. The summed E-state index contributed by atoms with van der Waals surface area (Å²) < 4.78 is 13.6. The highest BCUT2D eigenvalue weighted by Gasteiger charge is 2.47. The van der Waals surface area contributed by atoms with Crippen LogP contribution in [0.3, 0.4) is 0 Å². The molecule has 2 aliphatic carbocycles. The van der Waals surface area contributed by atoms with E-state index in [1.165, 1.54) is 22.4 Å². The smallest absolute Gasteiger partial charge is 0.160 e. The maximum Gasteiger partial charge on any atom is 0.160 e. The highest BCUT2D eigenvalue weighted by atomic mass is 16.3. The van der Waals surface area contributed by atoms with E-state index in [1.54, 1.807) is 0 Å². The van der Waals surface area contributed by atoms with E-state index in [9.17, 15) is 0 Å². The summed E-state index contributed by atoms with van der Waals surface area (Å²) in [4.78, 5) is 2.49. The molecule has 4 nitrogen and oxygen atoms in total. The number of rotatable bonds is 4. The van der Waals surface area contributed by atoms with Gasteiger partial charge in [-0.1, -0.05) is 97.1 Å². The Morgan fingerprint density at radius 2 is 1.64 bits per heavy atom. The third-order valence-electron chi connectivity index (χ3n) is 10.3. The van der Waals surface area contributed by atoms with Crippen molar-refractivity contribution < 1.29 is 8.83 Å². The van der Waals surface area contributed by atoms with Crippen LogP contribution in [0.25, 0.3) is 49.5 Å². The first-order valence-electron chi connectivity index (χ1n) is 16.5. The lowest BCUT2D eigenvalue weighted by Gasteiger charge is -2.34. The fourth-order valence-electron chi connectivity index (χ4n) is 8.09. The Morgan fingerprint density at radius 3 is 2.57 bits per heavy atom. The molecule has 1 N–H and O–H groups in total. The van der Waals surface area contributed by atoms with Crippen molar-refractivity contribution in [3.05, 3.63) is 151 Å². The van der Waals surface area contributed by atoms with Gasteiger partial charge in [0.2, 0.25) is 0 Å². The number of hydrogen-bond acceptors (Lipinski definition) is 4. The number of nitrogens with one attached hydrogen (secondary N) is 1. The fraction of sp³-hybridized carbons (Fsp3) is 0.116. The summed E-state index contributed by atoms with van der Waals surface area (Å²) in [6, 6.07) is 34.4. The second-order valence-corrected chi connectivity index (χ2v) is 13.1. The van der Waals surface area contributed by atoms with Crippen molar-refractivity contribution in [2.45, 2.75) is 31.2 Å². The van der Waals surface area contributed by atoms with Gasteiger partial charge in [0.25, 0.3) is 0 Å². The zero-order valence-corrected chi connectivity index (χ0v) is 26.0. The van der Waals surface area contributed by atoms with Crippen molar-refractivity contribution in [2.24, 2.45) is 0 Å². The zero-order valence-electron chi connectivity index (χ0n) is 26.0. The second-order valence-electron chi connectivity index (χ2n) is 13.1. The van der Waals surface area contributed by atoms with Gasteiger partial charge in [0.1, 0.15) is 16.7 Å². The predicted molar refractivity (Wildman–Crippen MR) is 195 cm³/mol. The molecule has 47 heavy (non-hydrogen) atoms. The van der Waals surface area contributed by atoms with Gasteiger partial charge in [-0.15, -0.1) is 0 Å². The third-order valence-corrected chi connectivity index (χ3v) is 10.3. The van der Waals surface area contributed by atoms with Crippen LogP contribution in [0.5, 0.6) is 0 Å². The van der Waals surface area contributed by atoms with Crippen molar-refractivity contribution in [3.63, 3.8) is 0 Å². The zero-order chi connectivity index (χ0) is 31.1. The first kappa shape index (κ1) is 26.5. The van der Waals surface area contributed by atoms with Crippen LogP contribution in [-0.2, 0) is 5.41 Å². The molecule has 226 valence electrons. The van der Waals surface area contributed by atoms with Gasteiger partial charge in [-0.2, -0.15) is 0 Å². The average Bonchev–Trinajstić information content (AvgIpc) is 3.75. The van der Waals surface area contributed by atoms with Crippen LogP contribution in [0.4, 0.5) is 22.7 Å². The quantitative estimate of drug-likeness (QED) is 0.216. The molecule has 2 aromatic heterocycles. The SMILES string of the molecule is CC12C=CC=CC1N(c1c3oc4cc(Nc5ccccc5C5=CCCC=C5)ccc4c3cc3oc4ccccc4c13)c1ccccc12. The largest absolute Gasteiger partial charge is 0.456 e. The van der Waals surface area contributed by atoms with Gasteiger partial charge in [-0.3, -0.25) is 0 Å². The van der Waals surface area contributed by atoms with E-state index in [4.69, 9.17) is 8.83 Å². The van der Waals surface area contributed by atoms with Gasteiger partial charge in [0.05, 0.1) is 17.1 Å². The average molecular weight is 609 g/mol. The number of nitrogens with zero attached hydrogens (tertiary/aromatic N) is 1. The van der Waals surface area contributed by atoms with Gasteiger partial charge in [0, 0.05) is 50.3 Å². The summed E-state index contributed by atoms with van der Waals surface area (Å²) in [5, 5.41) is 7.98. The third kappa shape index (κ3) is 3.82. The number of furan rings is 2. The van der Waals surface area contributed by atoms with Gasteiger partial charge >= 0.3 is 0 Å². The number of allylic oxidation sites excluding steroid dienone is 6. The Morgan fingerprint density at radius 1 is 0.766 bits per heavy atom. The molecule has 7 aromatic rings. The van der Waals surface area contributed by atoms with Crippen LogP contribution in [0, 0.1) is 0 Å². The van der Waals surface area contributed by atoms with E-state index in [0.717, 1.165) is 73.8 Å². The molecule has 2 unspecified atom stereocenters. The van der Waals surface area contributed by atoms with Crippen LogP contribution in [0.1, 0.15) is 30.9 Å². The summed E-state index contributed by atoms with van der Waals surface area (Å²) in [5.41, 5.74) is 11.4. The monoisotopic (exact) mass is 608 g/mol. The highest BCUT2D eigenvalue weighted by molar-refractivity contribution is 6.24. The fourth-order valence-corrected chi connectivity index (χ4v) is 8.09. The molecule has 0 saturated heterocycles. The molecular formula is C43H32N2O2. The lowest BCUT2D eigenvalue weighted by Crippen LogP contribution is -2.39. The first-order chi connectivity index (χ1) is 23.2. The second kappa shape index (κ2) is 9.88. The molecule has 1 aliphatic heterocycles. The molecule has 3 aliphatic rings. The van der Waals surface area contributed by atoms with Crippen molar-refractivity contribution >= 4 is 72.2 Å². The number of fused-ring (bicyclic) bond motifs is 9. The minimum absolute atomic E-state index is 0.0810. The van der Waals surface area contributed by atoms with E-state index in [-0.39, 0.29) is 11.5 Å². The Labute approximate surface area is 272 Å². The summed E-state index contributed by atoms with van der Waals surface area (Å²) in [6.07, 6.45) is 18.0. The van der Waals surface area contributed by atoms with E-state index < -0.39 is 0 Å². The molecule has 5 aromatic carbocycles. The highest BCUT2D eigenvalue weighted by Crippen LogP contribution is 2.56. The summed E-state index contributed by atoms with van der Waals surface area (Å²) in [5.74, 6) is 0. The Balaban J connectivity index is 1.20. The van der Waals surface area contributed by atoms with Crippen LogP contribution < -0.4 is 10.2 Å². The van der Waals surface area contributed by atoms with E-state index in [0.29, 0.717) is 0 Å². The minimum Gasteiger partial charge on any atom is -0.456 e. The number of anilines is 4. The summed E-state index contributed by atoms with van der Waals surface area (Å²) >= 11 is 0. The first-order valence-corrected chi connectivity index (χ1v) is 16.5. The molecule has 4 heteroatoms. The number of para-hydroxylation sites is 3. The van der Waals surface area contributed by atoms with Crippen LogP contribution >= 0.6 is 0 Å². The Bertz CT molecular complexity index is 2540. The van der Waals surface area contributed by atoms with E-state index >= 15 is 0 Å². The topological polar surface area (TPSA) is 41.6 Å². The van der Waals surface area contributed by atoms with Crippen LogP contribution in [0.2, 0.25) is 0 Å². The van der Waals surface area contributed by atoms with Crippen LogP contribution in [0.15, 0.2) is 148 Å². The standard InChI is InChI=1S/C43H32N2O2/c1-43-24-12-11-21-39(43)45(35-19-9-7-17-33(35)43)41-40-31-16-6-10-20-36(31)46-38(40)26-32-30-23-22-28(25-37(30)47-42(32)41)44-34-18-8-5-15-29(34)27-13-3-2-4-14-27/h3,5-26,39,44H,2,4H2,1H3. The molecule has 0 amide bonds. The summed E-state index contributed by atoms with van der Waals surface area (Å²) in [7, 11) is 0. The number of benzene rings is 5. The Kier molecular flexibility index (Phi) is 5.56. The van der Waals surface area contributed by atoms with Gasteiger partial charge in [0.15, 0.2) is 5.58 Å². The van der Waals surface area contributed by atoms with Crippen molar-refractivity contribution in [2.75, 3.05) is 10.2 Å². The van der Waals surface area contributed by atoms with Crippen molar-refractivity contribution in [1.82, 2.24) is 0 Å². The molecule has 2 atom stereocenters. The molecule has 0 spiro atoms. The van der Waals surface area contributed by atoms with E-state index in [2.05, 4.69) is 151 Å². The maximum atomic E-state index is 6.99. The molecule has 0 radical (unpaired) electrons. The lowest BCUT2D eigenvalue weighted by molar-refractivity contribution is 0.550. The van der Waals surface area contributed by atoms with Gasteiger partial charge in [-0.25, -0.2) is 0 Å². The maximum absolute atomic E-state index is 6.99. The molecule has 3 heterocycles. The molecule has 0 fully saturated rings. The van der Waals surface area contributed by atoms with Crippen molar-refractivity contribution in [1.29, 1.82) is 0 Å². The minimum atomic E-state index is -0.182. The van der Waals surface area contributed by atoms with Gasteiger partial charge in [-0.05, 0) is 67.3 Å². The molecule has 0 bridgehead atoms. The molecule has 10 rings (SSSR count). The predicted octanol–water partition coefficient (Wildman–Crippen LogP) is 11.9. The lowest BCUT2D eigenvalue weighted by atomic mass is 9.76. The van der Waals surface area contributed by atoms with E-state index in [1.807, 2.05) is 6.07 Å². The Hall–Kier alpha value is -5.74. The summed E-state index contributed by atoms with van der Waals surface area (Å²) in [6.45, 7) is 2.34. The molecule has 0 saturated carbocycles. The number of hydrogen-bond donors (Lipinski definition) is 1. The van der Waals surface area contributed by atoms with Crippen molar-refractivity contribution in [3.8, 4) is 0 Å². The van der Waals surface area contributed by atoms with Gasteiger partial charge < -0.3 is 19.1 Å². The molecular weight excluding hydrogens is 576 g/mol.